The van der Waals surface area contributed by atoms with Crippen LogP contribution in [0, 0.1) is 0 Å². The van der Waals surface area contributed by atoms with Crippen molar-refractivity contribution in [3.63, 3.8) is 0 Å². The summed E-state index contributed by atoms with van der Waals surface area (Å²) in [6.07, 6.45) is 1.53. The van der Waals surface area contributed by atoms with E-state index in [4.69, 9.17) is 4.74 Å². The predicted molar refractivity (Wildman–Crippen MR) is 87.4 cm³/mol. The molecule has 2 heterocycles. The van der Waals surface area contributed by atoms with Gasteiger partial charge in [0.25, 0.3) is 0 Å². The van der Waals surface area contributed by atoms with Crippen LogP contribution in [0.1, 0.15) is 31.4 Å². The van der Waals surface area contributed by atoms with Crippen molar-refractivity contribution in [2.45, 2.75) is 25.8 Å². The summed E-state index contributed by atoms with van der Waals surface area (Å²) in [5, 5.41) is 3.02. The molecule has 1 unspecified atom stereocenters. The lowest BCUT2D eigenvalue weighted by atomic mass is 10.1. The number of morpholine rings is 1. The van der Waals surface area contributed by atoms with E-state index >= 15 is 0 Å². The first-order chi connectivity index (χ1) is 11.1. The van der Waals surface area contributed by atoms with E-state index in [0.717, 1.165) is 24.2 Å². The molecule has 3 amide bonds. The van der Waals surface area contributed by atoms with Crippen molar-refractivity contribution in [1.29, 1.82) is 0 Å². The van der Waals surface area contributed by atoms with E-state index in [-0.39, 0.29) is 18.0 Å². The molecule has 2 aliphatic rings. The Bertz CT molecular complexity index is 584. The van der Waals surface area contributed by atoms with E-state index in [1.807, 2.05) is 36.1 Å². The van der Waals surface area contributed by atoms with E-state index in [1.54, 1.807) is 4.90 Å². The zero-order chi connectivity index (χ0) is 16.2. The molecule has 1 atom stereocenters. The Hall–Kier alpha value is -2.08. The van der Waals surface area contributed by atoms with Crippen LogP contribution in [0.15, 0.2) is 24.3 Å². The molecule has 0 aromatic heterocycles. The Kier molecular flexibility index (Phi) is 4.81. The third kappa shape index (κ3) is 3.64. The fourth-order valence-corrected chi connectivity index (χ4v) is 3.01. The highest BCUT2D eigenvalue weighted by molar-refractivity contribution is 5.95. The monoisotopic (exact) mass is 317 g/mol. The minimum absolute atomic E-state index is 0.0662. The van der Waals surface area contributed by atoms with Gasteiger partial charge >= 0.3 is 6.03 Å². The summed E-state index contributed by atoms with van der Waals surface area (Å²) in [6.45, 7) is 5.17. The SMILES string of the molecule is CC(NC(=O)N1CCOCC1)c1cccc(N2CCCC2=O)c1. The van der Waals surface area contributed by atoms with Crippen LogP contribution in [0.4, 0.5) is 10.5 Å². The molecule has 0 radical (unpaired) electrons. The van der Waals surface area contributed by atoms with Gasteiger partial charge in [0.05, 0.1) is 19.3 Å². The number of hydrogen-bond acceptors (Lipinski definition) is 3. The van der Waals surface area contributed by atoms with Gasteiger partial charge in [-0.05, 0) is 31.0 Å². The summed E-state index contributed by atoms with van der Waals surface area (Å²) in [5.41, 5.74) is 1.92. The van der Waals surface area contributed by atoms with Crippen molar-refractivity contribution in [3.8, 4) is 0 Å². The van der Waals surface area contributed by atoms with Crippen molar-refractivity contribution in [2.24, 2.45) is 0 Å². The maximum atomic E-state index is 12.3. The minimum atomic E-state index is -0.108. The van der Waals surface area contributed by atoms with Crippen LogP contribution in [0.5, 0.6) is 0 Å². The first-order valence-electron chi connectivity index (χ1n) is 8.18. The Labute approximate surface area is 136 Å². The molecule has 3 rings (SSSR count). The summed E-state index contributed by atoms with van der Waals surface area (Å²) < 4.78 is 5.26. The first kappa shape index (κ1) is 15.8. The number of carbonyl (C=O) groups is 2. The predicted octanol–water partition coefficient (Wildman–Crippen LogP) is 1.92. The number of urea groups is 1. The van der Waals surface area contributed by atoms with Gasteiger partial charge in [0.1, 0.15) is 0 Å². The third-order valence-corrected chi connectivity index (χ3v) is 4.39. The molecule has 0 bridgehead atoms. The van der Waals surface area contributed by atoms with Crippen LogP contribution < -0.4 is 10.2 Å². The highest BCUT2D eigenvalue weighted by Crippen LogP contribution is 2.24. The summed E-state index contributed by atoms with van der Waals surface area (Å²) >= 11 is 0. The van der Waals surface area contributed by atoms with E-state index in [0.29, 0.717) is 32.7 Å². The van der Waals surface area contributed by atoms with Crippen LogP contribution >= 0.6 is 0 Å². The molecule has 1 aromatic rings. The molecule has 0 spiro atoms. The Morgan fingerprint density at radius 1 is 1.26 bits per heavy atom. The van der Waals surface area contributed by atoms with Crippen molar-refractivity contribution in [1.82, 2.24) is 10.2 Å². The number of amides is 3. The van der Waals surface area contributed by atoms with Gasteiger partial charge < -0.3 is 19.9 Å². The standard InChI is InChI=1S/C17H23N3O3/c1-13(18-17(22)19-8-10-23-11-9-19)14-4-2-5-15(12-14)20-7-3-6-16(20)21/h2,4-5,12-13H,3,6-11H2,1H3,(H,18,22). The van der Waals surface area contributed by atoms with Crippen molar-refractivity contribution in [2.75, 3.05) is 37.7 Å². The number of rotatable bonds is 3. The van der Waals surface area contributed by atoms with Gasteiger partial charge in [0.15, 0.2) is 0 Å². The Morgan fingerprint density at radius 2 is 2.04 bits per heavy atom. The molecule has 2 saturated heterocycles. The zero-order valence-corrected chi connectivity index (χ0v) is 13.5. The lowest BCUT2D eigenvalue weighted by molar-refractivity contribution is -0.117. The molecule has 1 N–H and O–H groups in total. The third-order valence-electron chi connectivity index (χ3n) is 4.39. The Morgan fingerprint density at radius 3 is 2.74 bits per heavy atom. The molecule has 6 heteroatoms. The maximum absolute atomic E-state index is 12.3. The zero-order valence-electron chi connectivity index (χ0n) is 13.5. The minimum Gasteiger partial charge on any atom is -0.378 e. The average Bonchev–Trinajstić information content (AvgIpc) is 3.02. The van der Waals surface area contributed by atoms with Gasteiger partial charge in [-0.1, -0.05) is 12.1 Å². The summed E-state index contributed by atoms with van der Waals surface area (Å²) in [6, 6.07) is 7.69. The highest BCUT2D eigenvalue weighted by Gasteiger charge is 2.23. The summed E-state index contributed by atoms with van der Waals surface area (Å²) in [4.78, 5) is 27.7. The molecule has 23 heavy (non-hydrogen) atoms. The Balaban J connectivity index is 1.66. The van der Waals surface area contributed by atoms with Crippen LogP contribution in [0.25, 0.3) is 0 Å². The fourth-order valence-electron chi connectivity index (χ4n) is 3.01. The summed E-state index contributed by atoms with van der Waals surface area (Å²) in [5.74, 6) is 0.173. The maximum Gasteiger partial charge on any atom is 0.318 e. The number of carbonyl (C=O) groups excluding carboxylic acids is 2. The van der Waals surface area contributed by atoms with E-state index in [1.165, 1.54) is 0 Å². The van der Waals surface area contributed by atoms with Crippen LogP contribution in [0.3, 0.4) is 0 Å². The lowest BCUT2D eigenvalue weighted by Gasteiger charge is -2.28. The molecule has 124 valence electrons. The summed E-state index contributed by atoms with van der Waals surface area (Å²) in [7, 11) is 0. The molecule has 1 aromatic carbocycles. The number of benzene rings is 1. The first-order valence-corrected chi connectivity index (χ1v) is 8.18. The second-order valence-corrected chi connectivity index (χ2v) is 6.01. The fraction of sp³-hybridized carbons (Fsp3) is 0.529. The van der Waals surface area contributed by atoms with E-state index in [9.17, 15) is 9.59 Å². The van der Waals surface area contributed by atoms with Gasteiger partial charge in [0.2, 0.25) is 5.91 Å². The van der Waals surface area contributed by atoms with Crippen LogP contribution in [-0.4, -0.2) is 49.7 Å². The second kappa shape index (κ2) is 7.00. The molecular formula is C17H23N3O3. The van der Waals surface area contributed by atoms with Gasteiger partial charge in [-0.3, -0.25) is 4.79 Å². The van der Waals surface area contributed by atoms with Crippen LogP contribution in [0.2, 0.25) is 0 Å². The topological polar surface area (TPSA) is 61.9 Å². The van der Waals surface area contributed by atoms with Crippen molar-refractivity contribution < 1.29 is 14.3 Å². The average molecular weight is 317 g/mol. The number of hydrogen-bond donors (Lipinski definition) is 1. The van der Waals surface area contributed by atoms with Crippen LogP contribution in [-0.2, 0) is 9.53 Å². The van der Waals surface area contributed by atoms with Gasteiger partial charge in [-0.15, -0.1) is 0 Å². The molecule has 0 saturated carbocycles. The van der Waals surface area contributed by atoms with Gasteiger partial charge in [-0.25, -0.2) is 4.79 Å². The van der Waals surface area contributed by atoms with E-state index in [2.05, 4.69) is 5.32 Å². The number of ether oxygens (including phenoxy) is 1. The van der Waals surface area contributed by atoms with Gasteiger partial charge in [0, 0.05) is 31.7 Å². The lowest BCUT2D eigenvalue weighted by Crippen LogP contribution is -2.46. The molecule has 2 fully saturated rings. The number of anilines is 1. The highest BCUT2D eigenvalue weighted by atomic mass is 16.5. The van der Waals surface area contributed by atoms with Crippen molar-refractivity contribution >= 4 is 17.6 Å². The van der Waals surface area contributed by atoms with Gasteiger partial charge in [-0.2, -0.15) is 0 Å². The molecule has 0 aliphatic carbocycles. The molecule has 2 aliphatic heterocycles. The van der Waals surface area contributed by atoms with E-state index < -0.39 is 0 Å². The van der Waals surface area contributed by atoms with Crippen molar-refractivity contribution in [3.05, 3.63) is 29.8 Å². The molecule has 6 nitrogen and oxygen atoms in total. The molecular weight excluding hydrogens is 294 g/mol. The second-order valence-electron chi connectivity index (χ2n) is 6.01. The largest absolute Gasteiger partial charge is 0.378 e. The quantitative estimate of drug-likeness (QED) is 0.926. The number of nitrogens with one attached hydrogen (secondary N) is 1. The number of nitrogens with zero attached hydrogens (tertiary/aromatic N) is 2. The normalized spacial score (nSPS) is 19.8. The smallest absolute Gasteiger partial charge is 0.318 e.